The van der Waals surface area contributed by atoms with Crippen LogP contribution in [0.2, 0.25) is 5.02 Å². The molecule has 0 aliphatic carbocycles. The standard InChI is InChI=1S/C26H23ClN4O3/c1-31(26(33)21-7-3-2-4-8-21)15-14-23-29-25(34-30-23)20-12-10-19(11-13-20)24(32)28-17-18-6-5-9-22(27)16-18/h2-13,16H,14-15,17H2,1H3,(H,28,32). The molecule has 1 N–H and O–H groups in total. The summed E-state index contributed by atoms with van der Waals surface area (Å²) in [5.74, 6) is 0.612. The summed E-state index contributed by atoms with van der Waals surface area (Å²) in [4.78, 5) is 30.9. The van der Waals surface area contributed by atoms with E-state index in [2.05, 4.69) is 15.5 Å². The van der Waals surface area contributed by atoms with E-state index in [9.17, 15) is 9.59 Å². The fraction of sp³-hybridized carbons (Fsp3) is 0.154. The number of hydrogen-bond acceptors (Lipinski definition) is 5. The van der Waals surface area contributed by atoms with Crippen molar-refractivity contribution in [2.75, 3.05) is 13.6 Å². The molecule has 3 aromatic carbocycles. The molecule has 2 amide bonds. The van der Waals surface area contributed by atoms with Crippen LogP contribution in [0.1, 0.15) is 32.1 Å². The van der Waals surface area contributed by atoms with E-state index in [1.54, 1.807) is 54.4 Å². The Morgan fingerprint density at radius 2 is 1.74 bits per heavy atom. The topological polar surface area (TPSA) is 88.3 Å². The van der Waals surface area contributed by atoms with Gasteiger partial charge >= 0.3 is 0 Å². The molecule has 0 aliphatic rings. The maximum atomic E-state index is 12.4. The Labute approximate surface area is 202 Å². The van der Waals surface area contributed by atoms with E-state index in [1.165, 1.54) is 0 Å². The number of rotatable bonds is 8. The highest BCUT2D eigenvalue weighted by Crippen LogP contribution is 2.18. The molecule has 1 heterocycles. The van der Waals surface area contributed by atoms with Crippen LogP contribution in [0.15, 0.2) is 83.4 Å². The quantitative estimate of drug-likeness (QED) is 0.402. The Kier molecular flexibility index (Phi) is 7.34. The molecule has 172 valence electrons. The number of aromatic nitrogens is 2. The minimum Gasteiger partial charge on any atom is -0.348 e. The van der Waals surface area contributed by atoms with Crippen molar-refractivity contribution in [3.63, 3.8) is 0 Å². The van der Waals surface area contributed by atoms with Crippen LogP contribution in [0.4, 0.5) is 0 Å². The van der Waals surface area contributed by atoms with Gasteiger partial charge in [0.1, 0.15) is 0 Å². The van der Waals surface area contributed by atoms with Gasteiger partial charge in [-0.3, -0.25) is 9.59 Å². The van der Waals surface area contributed by atoms with Crippen molar-refractivity contribution in [3.05, 3.63) is 106 Å². The molecule has 1 aromatic heterocycles. The van der Waals surface area contributed by atoms with E-state index < -0.39 is 0 Å². The van der Waals surface area contributed by atoms with Crippen LogP contribution in [0, 0.1) is 0 Å². The zero-order valence-corrected chi connectivity index (χ0v) is 19.3. The Hall–Kier alpha value is -3.97. The molecule has 4 rings (SSSR count). The first kappa shape index (κ1) is 23.2. The SMILES string of the molecule is CN(CCc1noc(-c2ccc(C(=O)NCc3cccc(Cl)c3)cc2)n1)C(=O)c1ccccc1. The number of amides is 2. The summed E-state index contributed by atoms with van der Waals surface area (Å²) < 4.78 is 5.37. The van der Waals surface area contributed by atoms with Crippen molar-refractivity contribution in [1.29, 1.82) is 0 Å². The maximum Gasteiger partial charge on any atom is 0.257 e. The maximum absolute atomic E-state index is 12.4. The largest absolute Gasteiger partial charge is 0.348 e. The minimum atomic E-state index is -0.191. The van der Waals surface area contributed by atoms with Gasteiger partial charge < -0.3 is 14.7 Å². The molecular weight excluding hydrogens is 452 g/mol. The lowest BCUT2D eigenvalue weighted by Gasteiger charge is -2.15. The van der Waals surface area contributed by atoms with Gasteiger partial charge in [0, 0.05) is 48.3 Å². The highest BCUT2D eigenvalue weighted by atomic mass is 35.5. The lowest BCUT2D eigenvalue weighted by Crippen LogP contribution is -2.29. The molecule has 0 atom stereocenters. The summed E-state index contributed by atoms with van der Waals surface area (Å²) >= 11 is 5.98. The summed E-state index contributed by atoms with van der Waals surface area (Å²) in [7, 11) is 1.74. The van der Waals surface area contributed by atoms with E-state index in [-0.39, 0.29) is 11.8 Å². The van der Waals surface area contributed by atoms with Gasteiger partial charge in [-0.05, 0) is 54.1 Å². The first-order valence-electron chi connectivity index (χ1n) is 10.8. The molecule has 0 saturated carbocycles. The molecule has 0 bridgehead atoms. The zero-order chi connectivity index (χ0) is 23.9. The van der Waals surface area contributed by atoms with Crippen molar-refractivity contribution >= 4 is 23.4 Å². The van der Waals surface area contributed by atoms with Crippen molar-refractivity contribution in [3.8, 4) is 11.5 Å². The third-order valence-corrected chi connectivity index (χ3v) is 5.48. The Balaban J connectivity index is 1.31. The first-order chi connectivity index (χ1) is 16.5. The summed E-state index contributed by atoms with van der Waals surface area (Å²) in [6, 6.07) is 23.4. The van der Waals surface area contributed by atoms with E-state index in [0.717, 1.165) is 5.56 Å². The normalized spacial score (nSPS) is 10.6. The average molecular weight is 475 g/mol. The van der Waals surface area contributed by atoms with Gasteiger partial charge in [0.05, 0.1) is 0 Å². The molecule has 0 saturated heterocycles. The second-order valence-corrected chi connectivity index (χ2v) is 8.18. The smallest absolute Gasteiger partial charge is 0.257 e. The van der Waals surface area contributed by atoms with Crippen LogP contribution >= 0.6 is 11.6 Å². The number of carbonyl (C=O) groups excluding carboxylic acids is 2. The van der Waals surface area contributed by atoms with Crippen molar-refractivity contribution in [1.82, 2.24) is 20.4 Å². The molecule has 4 aromatic rings. The number of carbonyl (C=O) groups is 2. The van der Waals surface area contributed by atoms with E-state index in [1.807, 2.05) is 36.4 Å². The van der Waals surface area contributed by atoms with Crippen molar-refractivity contribution in [2.24, 2.45) is 0 Å². The first-order valence-corrected chi connectivity index (χ1v) is 11.1. The number of nitrogens with one attached hydrogen (secondary N) is 1. The van der Waals surface area contributed by atoms with Crippen LogP contribution in [-0.4, -0.2) is 40.4 Å². The van der Waals surface area contributed by atoms with E-state index in [4.69, 9.17) is 16.1 Å². The fourth-order valence-electron chi connectivity index (χ4n) is 3.34. The highest BCUT2D eigenvalue weighted by Gasteiger charge is 2.14. The van der Waals surface area contributed by atoms with Gasteiger partial charge in [0.25, 0.3) is 17.7 Å². The summed E-state index contributed by atoms with van der Waals surface area (Å²) in [6.07, 6.45) is 0.461. The third-order valence-electron chi connectivity index (χ3n) is 5.24. The molecular formula is C26H23ClN4O3. The van der Waals surface area contributed by atoms with Gasteiger partial charge in [0.2, 0.25) is 0 Å². The third kappa shape index (κ3) is 5.88. The van der Waals surface area contributed by atoms with Gasteiger partial charge in [-0.2, -0.15) is 4.98 Å². The van der Waals surface area contributed by atoms with Crippen LogP contribution in [0.3, 0.4) is 0 Å². The van der Waals surface area contributed by atoms with E-state index in [0.29, 0.717) is 52.9 Å². The van der Waals surface area contributed by atoms with Gasteiger partial charge in [-0.15, -0.1) is 0 Å². The van der Waals surface area contributed by atoms with E-state index >= 15 is 0 Å². The summed E-state index contributed by atoms with van der Waals surface area (Å²) in [5.41, 5.74) is 2.79. The average Bonchev–Trinajstić information content (AvgIpc) is 3.35. The molecule has 34 heavy (non-hydrogen) atoms. The minimum absolute atomic E-state index is 0.0615. The second-order valence-electron chi connectivity index (χ2n) is 7.75. The second kappa shape index (κ2) is 10.8. The van der Waals surface area contributed by atoms with Crippen LogP contribution in [0.25, 0.3) is 11.5 Å². The molecule has 0 aliphatic heterocycles. The van der Waals surface area contributed by atoms with Gasteiger partial charge in [-0.25, -0.2) is 0 Å². The Morgan fingerprint density at radius 1 is 0.971 bits per heavy atom. The lowest BCUT2D eigenvalue weighted by molar-refractivity contribution is 0.0795. The van der Waals surface area contributed by atoms with Crippen molar-refractivity contribution < 1.29 is 14.1 Å². The monoisotopic (exact) mass is 474 g/mol. The Bertz CT molecular complexity index is 1270. The Morgan fingerprint density at radius 3 is 2.47 bits per heavy atom. The molecule has 0 spiro atoms. The number of hydrogen-bond donors (Lipinski definition) is 1. The number of likely N-dealkylation sites (N-methyl/N-ethyl adjacent to an activating group) is 1. The molecule has 0 fully saturated rings. The molecule has 7 nitrogen and oxygen atoms in total. The summed E-state index contributed by atoms with van der Waals surface area (Å²) in [6.45, 7) is 0.841. The molecule has 8 heteroatoms. The van der Waals surface area contributed by atoms with Crippen LogP contribution in [-0.2, 0) is 13.0 Å². The predicted octanol–water partition coefficient (Wildman–Crippen LogP) is 4.63. The van der Waals surface area contributed by atoms with Crippen LogP contribution < -0.4 is 5.32 Å². The number of halogens is 1. The summed E-state index contributed by atoms with van der Waals surface area (Å²) in [5, 5.41) is 7.51. The number of nitrogens with zero attached hydrogens (tertiary/aromatic N) is 3. The molecule has 0 radical (unpaired) electrons. The van der Waals surface area contributed by atoms with Gasteiger partial charge in [-0.1, -0.05) is 47.1 Å². The predicted molar refractivity (Wildman–Crippen MR) is 129 cm³/mol. The highest BCUT2D eigenvalue weighted by molar-refractivity contribution is 6.30. The fourth-order valence-corrected chi connectivity index (χ4v) is 3.55. The lowest BCUT2D eigenvalue weighted by atomic mass is 10.1. The molecule has 0 unspecified atom stereocenters. The zero-order valence-electron chi connectivity index (χ0n) is 18.6. The number of benzene rings is 3. The van der Waals surface area contributed by atoms with Crippen LogP contribution in [0.5, 0.6) is 0 Å². The van der Waals surface area contributed by atoms with Crippen molar-refractivity contribution in [2.45, 2.75) is 13.0 Å². The van der Waals surface area contributed by atoms with Gasteiger partial charge in [0.15, 0.2) is 5.82 Å².